The van der Waals surface area contributed by atoms with Crippen molar-refractivity contribution in [3.63, 3.8) is 0 Å². The predicted molar refractivity (Wildman–Crippen MR) is 60.0 cm³/mol. The third-order valence-electron chi connectivity index (χ3n) is 2.99. The molecule has 4 heteroatoms. The second-order valence-electron chi connectivity index (χ2n) is 3.99. The number of benzene rings is 1. The SMILES string of the molecule is COc1cccc2c1CC[C@H](NC(=O)O)C2. The van der Waals surface area contributed by atoms with Gasteiger partial charge in [0, 0.05) is 6.04 Å². The Bertz CT molecular complexity index is 403. The van der Waals surface area contributed by atoms with Gasteiger partial charge in [-0.15, -0.1) is 0 Å². The van der Waals surface area contributed by atoms with E-state index in [1.807, 2.05) is 18.2 Å². The number of hydrogen-bond acceptors (Lipinski definition) is 2. The van der Waals surface area contributed by atoms with E-state index in [1.54, 1.807) is 7.11 Å². The van der Waals surface area contributed by atoms with Crippen LogP contribution in [-0.4, -0.2) is 24.4 Å². The molecule has 0 unspecified atom stereocenters. The summed E-state index contributed by atoms with van der Waals surface area (Å²) in [7, 11) is 1.66. The Morgan fingerprint density at radius 1 is 1.56 bits per heavy atom. The standard InChI is InChI=1S/C12H15NO3/c1-16-11-4-2-3-8-7-9(13-12(14)15)5-6-10(8)11/h2-4,9,13H,5-7H2,1H3,(H,14,15)/t9-/m0/s1. The molecule has 1 aliphatic carbocycles. The van der Waals surface area contributed by atoms with Gasteiger partial charge in [0.15, 0.2) is 0 Å². The molecule has 1 atom stereocenters. The fourth-order valence-electron chi connectivity index (χ4n) is 2.26. The number of ether oxygens (including phenoxy) is 1. The molecule has 1 amide bonds. The van der Waals surface area contributed by atoms with Crippen LogP contribution in [0.3, 0.4) is 0 Å². The van der Waals surface area contributed by atoms with Crippen LogP contribution in [0.1, 0.15) is 17.5 Å². The molecule has 0 saturated carbocycles. The van der Waals surface area contributed by atoms with Crippen LogP contribution >= 0.6 is 0 Å². The van der Waals surface area contributed by atoms with Gasteiger partial charge in [0.1, 0.15) is 5.75 Å². The van der Waals surface area contributed by atoms with Gasteiger partial charge < -0.3 is 15.2 Å². The summed E-state index contributed by atoms with van der Waals surface area (Å²) in [4.78, 5) is 10.6. The Morgan fingerprint density at radius 3 is 3.06 bits per heavy atom. The molecule has 1 aromatic rings. The van der Waals surface area contributed by atoms with Crippen LogP contribution < -0.4 is 10.1 Å². The minimum absolute atomic E-state index is 0.0251. The minimum Gasteiger partial charge on any atom is -0.496 e. The van der Waals surface area contributed by atoms with E-state index < -0.39 is 6.09 Å². The molecule has 86 valence electrons. The molecule has 0 saturated heterocycles. The average Bonchev–Trinajstić information content (AvgIpc) is 2.27. The van der Waals surface area contributed by atoms with E-state index in [-0.39, 0.29) is 6.04 Å². The number of nitrogens with one attached hydrogen (secondary N) is 1. The summed E-state index contributed by atoms with van der Waals surface area (Å²) in [5, 5.41) is 11.2. The zero-order valence-corrected chi connectivity index (χ0v) is 9.19. The second-order valence-corrected chi connectivity index (χ2v) is 3.99. The molecule has 0 fully saturated rings. The summed E-state index contributed by atoms with van der Waals surface area (Å²) in [6, 6.07) is 5.95. The lowest BCUT2D eigenvalue weighted by molar-refractivity contribution is 0.188. The molecular weight excluding hydrogens is 206 g/mol. The predicted octanol–water partition coefficient (Wildman–Crippen LogP) is 1.82. The number of carbonyl (C=O) groups is 1. The van der Waals surface area contributed by atoms with Crippen molar-refractivity contribution in [2.75, 3.05) is 7.11 Å². The molecule has 0 aliphatic heterocycles. The first-order valence-electron chi connectivity index (χ1n) is 5.35. The third-order valence-corrected chi connectivity index (χ3v) is 2.99. The Morgan fingerprint density at radius 2 is 2.38 bits per heavy atom. The molecule has 0 spiro atoms. The molecule has 0 radical (unpaired) electrons. The number of rotatable bonds is 2. The Hall–Kier alpha value is -1.71. The van der Waals surface area contributed by atoms with Gasteiger partial charge in [-0.25, -0.2) is 4.79 Å². The molecule has 1 aromatic carbocycles. The Kier molecular flexibility index (Phi) is 2.99. The molecule has 2 N–H and O–H groups in total. The normalized spacial score (nSPS) is 18.7. The van der Waals surface area contributed by atoms with E-state index in [0.29, 0.717) is 0 Å². The topological polar surface area (TPSA) is 58.6 Å². The smallest absolute Gasteiger partial charge is 0.404 e. The summed E-state index contributed by atoms with van der Waals surface area (Å²) < 4.78 is 5.29. The highest BCUT2D eigenvalue weighted by Gasteiger charge is 2.21. The van der Waals surface area contributed by atoms with Crippen molar-refractivity contribution in [3.05, 3.63) is 29.3 Å². The molecular formula is C12H15NO3. The van der Waals surface area contributed by atoms with Crippen molar-refractivity contribution in [2.45, 2.75) is 25.3 Å². The van der Waals surface area contributed by atoms with E-state index >= 15 is 0 Å². The summed E-state index contributed by atoms with van der Waals surface area (Å²) in [6.45, 7) is 0. The van der Waals surface area contributed by atoms with E-state index in [1.165, 1.54) is 11.1 Å². The minimum atomic E-state index is -0.948. The number of methoxy groups -OCH3 is 1. The fourth-order valence-corrected chi connectivity index (χ4v) is 2.26. The van der Waals surface area contributed by atoms with Crippen LogP contribution in [-0.2, 0) is 12.8 Å². The maximum absolute atomic E-state index is 10.6. The van der Waals surface area contributed by atoms with E-state index in [0.717, 1.165) is 25.0 Å². The first kappa shape index (κ1) is 10.8. The van der Waals surface area contributed by atoms with Gasteiger partial charge in [0.05, 0.1) is 7.11 Å². The van der Waals surface area contributed by atoms with Crippen molar-refractivity contribution in [1.29, 1.82) is 0 Å². The summed E-state index contributed by atoms with van der Waals surface area (Å²) in [6.07, 6.45) is 1.50. The zero-order chi connectivity index (χ0) is 11.5. The average molecular weight is 221 g/mol. The summed E-state index contributed by atoms with van der Waals surface area (Å²) >= 11 is 0. The molecule has 0 aromatic heterocycles. The molecule has 0 bridgehead atoms. The molecule has 1 aliphatic rings. The van der Waals surface area contributed by atoms with Crippen LogP contribution in [0.15, 0.2) is 18.2 Å². The van der Waals surface area contributed by atoms with Crippen LogP contribution in [0.25, 0.3) is 0 Å². The first-order valence-corrected chi connectivity index (χ1v) is 5.35. The quantitative estimate of drug-likeness (QED) is 0.800. The molecule has 16 heavy (non-hydrogen) atoms. The van der Waals surface area contributed by atoms with Gasteiger partial charge in [-0.3, -0.25) is 0 Å². The Balaban J connectivity index is 2.18. The van der Waals surface area contributed by atoms with Crippen molar-refractivity contribution in [1.82, 2.24) is 5.32 Å². The van der Waals surface area contributed by atoms with Crippen LogP contribution in [0.2, 0.25) is 0 Å². The highest BCUT2D eigenvalue weighted by Crippen LogP contribution is 2.29. The number of hydrogen-bond donors (Lipinski definition) is 2. The second kappa shape index (κ2) is 4.43. The maximum atomic E-state index is 10.6. The fraction of sp³-hybridized carbons (Fsp3) is 0.417. The van der Waals surface area contributed by atoms with Crippen LogP contribution in [0, 0.1) is 0 Å². The highest BCUT2D eigenvalue weighted by molar-refractivity contribution is 5.65. The maximum Gasteiger partial charge on any atom is 0.404 e. The van der Waals surface area contributed by atoms with Crippen molar-refractivity contribution >= 4 is 6.09 Å². The van der Waals surface area contributed by atoms with E-state index in [9.17, 15) is 4.79 Å². The molecule has 4 nitrogen and oxygen atoms in total. The lowest BCUT2D eigenvalue weighted by Crippen LogP contribution is -2.37. The van der Waals surface area contributed by atoms with Crippen LogP contribution in [0.5, 0.6) is 5.75 Å². The third kappa shape index (κ3) is 2.10. The number of carboxylic acid groups (broad SMARTS) is 1. The first-order chi connectivity index (χ1) is 7.70. The summed E-state index contributed by atoms with van der Waals surface area (Å²) in [5.74, 6) is 0.909. The van der Waals surface area contributed by atoms with Gasteiger partial charge >= 0.3 is 6.09 Å². The lowest BCUT2D eigenvalue weighted by Gasteiger charge is -2.25. The van der Waals surface area contributed by atoms with Gasteiger partial charge in [-0.05, 0) is 36.5 Å². The molecule has 0 heterocycles. The van der Waals surface area contributed by atoms with Gasteiger partial charge in [0.2, 0.25) is 0 Å². The molecule has 2 rings (SSSR count). The monoisotopic (exact) mass is 221 g/mol. The largest absolute Gasteiger partial charge is 0.496 e. The highest BCUT2D eigenvalue weighted by atomic mass is 16.5. The van der Waals surface area contributed by atoms with Gasteiger partial charge in [0.25, 0.3) is 0 Å². The van der Waals surface area contributed by atoms with Crippen molar-refractivity contribution < 1.29 is 14.6 Å². The summed E-state index contributed by atoms with van der Waals surface area (Å²) in [5.41, 5.74) is 2.40. The number of fused-ring (bicyclic) bond motifs is 1. The Labute approximate surface area is 94.2 Å². The van der Waals surface area contributed by atoms with Crippen molar-refractivity contribution in [3.8, 4) is 5.75 Å². The van der Waals surface area contributed by atoms with Gasteiger partial charge in [-0.2, -0.15) is 0 Å². The lowest BCUT2D eigenvalue weighted by atomic mass is 9.88. The van der Waals surface area contributed by atoms with E-state index in [4.69, 9.17) is 9.84 Å². The zero-order valence-electron chi connectivity index (χ0n) is 9.19. The number of amides is 1. The van der Waals surface area contributed by atoms with Crippen LogP contribution in [0.4, 0.5) is 4.79 Å². The van der Waals surface area contributed by atoms with E-state index in [2.05, 4.69) is 5.32 Å². The van der Waals surface area contributed by atoms with Gasteiger partial charge in [-0.1, -0.05) is 12.1 Å². The van der Waals surface area contributed by atoms with Crippen molar-refractivity contribution in [2.24, 2.45) is 0 Å².